The average molecular weight is 371 g/mol. The molecule has 0 radical (unpaired) electrons. The summed E-state index contributed by atoms with van der Waals surface area (Å²) in [6.45, 7) is 1.40. The number of thiophene rings is 1. The predicted octanol–water partition coefficient (Wildman–Crippen LogP) is 1.10. The first-order chi connectivity index (χ1) is 12.4. The van der Waals surface area contributed by atoms with E-state index >= 15 is 0 Å². The van der Waals surface area contributed by atoms with Gasteiger partial charge >= 0.3 is 5.97 Å². The van der Waals surface area contributed by atoms with Crippen molar-refractivity contribution in [2.24, 2.45) is 11.1 Å². The smallest absolute Gasteiger partial charge is 0.329 e. The highest BCUT2D eigenvalue weighted by atomic mass is 32.1. The van der Waals surface area contributed by atoms with Crippen molar-refractivity contribution >= 4 is 29.0 Å². The number of nitriles is 1. The second kappa shape index (κ2) is 6.42. The van der Waals surface area contributed by atoms with E-state index in [9.17, 15) is 19.6 Å². The van der Waals surface area contributed by atoms with Gasteiger partial charge in [0.15, 0.2) is 11.2 Å². The third-order valence-electron chi connectivity index (χ3n) is 4.97. The van der Waals surface area contributed by atoms with Crippen LogP contribution in [0.4, 0.5) is 0 Å². The van der Waals surface area contributed by atoms with E-state index in [1.165, 1.54) is 31.6 Å². The number of nitrogens with two attached hydrogens (primary N) is 1. The summed E-state index contributed by atoms with van der Waals surface area (Å²) >= 11 is 1.39. The minimum Gasteiger partial charge on any atom is -0.468 e. The van der Waals surface area contributed by atoms with Gasteiger partial charge in [-0.05, 0) is 29.3 Å². The Balaban J connectivity index is 2.28. The molecule has 3 rings (SSSR count). The molecule has 26 heavy (non-hydrogen) atoms. The van der Waals surface area contributed by atoms with Crippen molar-refractivity contribution in [1.82, 2.24) is 4.90 Å². The molecule has 2 aliphatic heterocycles. The van der Waals surface area contributed by atoms with Gasteiger partial charge in [-0.25, -0.2) is 0 Å². The van der Waals surface area contributed by atoms with Crippen molar-refractivity contribution in [2.75, 3.05) is 7.11 Å². The predicted molar refractivity (Wildman–Crippen MR) is 93.6 cm³/mol. The Morgan fingerprint density at radius 2 is 2.15 bits per heavy atom. The molecule has 1 amide bonds. The number of fused-ring (bicyclic) bond motifs is 1. The topological polar surface area (TPSA) is 113 Å². The normalized spacial score (nSPS) is 29.5. The number of primary amides is 1. The molecule has 0 aliphatic carbocycles. The molecule has 1 aromatic heterocycles. The number of ether oxygens (including phenoxy) is 1. The second-order valence-corrected chi connectivity index (χ2v) is 7.03. The third kappa shape index (κ3) is 2.35. The molecule has 1 fully saturated rings. The van der Waals surface area contributed by atoms with E-state index in [0.717, 1.165) is 0 Å². The van der Waals surface area contributed by atoms with Gasteiger partial charge in [0.2, 0.25) is 5.91 Å². The van der Waals surface area contributed by atoms with Gasteiger partial charge in [0.05, 0.1) is 19.2 Å². The van der Waals surface area contributed by atoms with Crippen molar-refractivity contribution in [3.63, 3.8) is 0 Å². The van der Waals surface area contributed by atoms with Crippen LogP contribution < -0.4 is 5.73 Å². The quantitative estimate of drug-likeness (QED) is 0.793. The van der Waals surface area contributed by atoms with Crippen LogP contribution in [0, 0.1) is 16.7 Å². The zero-order valence-electron chi connectivity index (χ0n) is 14.2. The van der Waals surface area contributed by atoms with Crippen LogP contribution in [0.25, 0.3) is 0 Å². The molecule has 2 N–H and O–H groups in total. The zero-order valence-corrected chi connectivity index (χ0v) is 15.0. The standard InChI is InChI=1S/C18H17N3O4S/c1-10(22)11-3-4-13-18(9-19,17(24)25-2)14(12-5-6-26-8-12)15(16(20)23)21(13)7-11/h3-8,13-15H,1-2H3,(H2,20,23)/t13-,14+,15-,18-/m0/s1. The van der Waals surface area contributed by atoms with Crippen LogP contribution in [-0.2, 0) is 19.1 Å². The minimum absolute atomic E-state index is 0.192. The van der Waals surface area contributed by atoms with Crippen molar-refractivity contribution in [3.05, 3.63) is 46.3 Å². The Bertz CT molecular complexity index is 867. The minimum atomic E-state index is -1.66. The number of methoxy groups -OCH3 is 1. The van der Waals surface area contributed by atoms with Gasteiger partial charge in [-0.15, -0.1) is 0 Å². The lowest BCUT2D eigenvalue weighted by atomic mass is 9.69. The molecule has 1 aromatic rings. The Hall–Kier alpha value is -2.92. The summed E-state index contributed by atoms with van der Waals surface area (Å²) in [5.41, 5.74) is 5.03. The number of nitrogens with zero attached hydrogens (tertiary/aromatic N) is 2. The first-order valence-electron chi connectivity index (χ1n) is 7.88. The molecular formula is C18H17N3O4S. The van der Waals surface area contributed by atoms with E-state index in [0.29, 0.717) is 11.1 Å². The lowest BCUT2D eigenvalue weighted by Gasteiger charge is -2.32. The summed E-state index contributed by atoms with van der Waals surface area (Å²) in [5, 5.41) is 13.6. The molecule has 3 heterocycles. The zero-order chi connectivity index (χ0) is 19.1. The number of amides is 1. The molecule has 1 saturated heterocycles. The van der Waals surface area contributed by atoms with Crippen LogP contribution >= 0.6 is 11.3 Å². The van der Waals surface area contributed by atoms with E-state index in [-0.39, 0.29) is 5.78 Å². The van der Waals surface area contributed by atoms with Crippen molar-refractivity contribution in [3.8, 4) is 6.07 Å². The molecule has 7 nitrogen and oxygen atoms in total. The van der Waals surface area contributed by atoms with E-state index in [1.807, 2.05) is 0 Å². The third-order valence-corrected chi connectivity index (χ3v) is 5.67. The number of rotatable bonds is 4. The summed E-state index contributed by atoms with van der Waals surface area (Å²) < 4.78 is 4.95. The van der Waals surface area contributed by atoms with Gasteiger partial charge in [-0.1, -0.05) is 12.2 Å². The summed E-state index contributed by atoms with van der Waals surface area (Å²) in [6.07, 6.45) is 4.66. The summed E-state index contributed by atoms with van der Waals surface area (Å²) in [5.74, 6) is -2.43. The molecule has 0 aromatic carbocycles. The largest absolute Gasteiger partial charge is 0.468 e. The van der Waals surface area contributed by atoms with Crippen LogP contribution in [-0.4, -0.2) is 41.8 Å². The summed E-state index contributed by atoms with van der Waals surface area (Å²) in [4.78, 5) is 38.4. The number of carbonyl (C=O) groups is 3. The maximum absolute atomic E-state index is 12.8. The number of carbonyl (C=O) groups excluding carboxylic acids is 3. The molecule has 0 spiro atoms. The number of hydrogen-bond acceptors (Lipinski definition) is 7. The lowest BCUT2D eigenvalue weighted by molar-refractivity contribution is -0.150. The van der Waals surface area contributed by atoms with Gasteiger partial charge in [0.25, 0.3) is 0 Å². The number of allylic oxidation sites excluding steroid dienone is 2. The van der Waals surface area contributed by atoms with Gasteiger partial charge in [-0.3, -0.25) is 14.4 Å². The Kier molecular flexibility index (Phi) is 4.42. The number of esters is 1. The Morgan fingerprint density at radius 1 is 1.42 bits per heavy atom. The molecule has 0 unspecified atom stereocenters. The van der Waals surface area contributed by atoms with E-state index in [1.54, 1.807) is 33.9 Å². The monoisotopic (exact) mass is 371 g/mol. The van der Waals surface area contributed by atoms with Crippen molar-refractivity contribution in [2.45, 2.75) is 24.9 Å². The van der Waals surface area contributed by atoms with E-state index in [2.05, 4.69) is 6.07 Å². The highest BCUT2D eigenvalue weighted by Crippen LogP contribution is 2.53. The number of Topliss-reactive ketones (excluding diaryl/α,β-unsaturated/α-hetero) is 1. The molecule has 134 valence electrons. The van der Waals surface area contributed by atoms with Crippen LogP contribution in [0.15, 0.2) is 40.8 Å². The van der Waals surface area contributed by atoms with Crippen LogP contribution in [0.5, 0.6) is 0 Å². The van der Waals surface area contributed by atoms with Crippen molar-refractivity contribution in [1.29, 1.82) is 5.26 Å². The molecule has 0 bridgehead atoms. The van der Waals surface area contributed by atoms with Crippen molar-refractivity contribution < 1.29 is 19.1 Å². The summed E-state index contributed by atoms with van der Waals surface area (Å²) in [6, 6.07) is 2.13. The first-order valence-corrected chi connectivity index (χ1v) is 8.82. The number of hydrogen-bond donors (Lipinski definition) is 1. The fourth-order valence-electron chi connectivity index (χ4n) is 3.84. The average Bonchev–Trinajstić information content (AvgIpc) is 3.24. The summed E-state index contributed by atoms with van der Waals surface area (Å²) in [7, 11) is 1.21. The van der Waals surface area contributed by atoms with Gasteiger partial charge in [0, 0.05) is 17.7 Å². The van der Waals surface area contributed by atoms with E-state index in [4.69, 9.17) is 10.5 Å². The lowest BCUT2D eigenvalue weighted by Crippen LogP contribution is -2.45. The molecule has 0 saturated carbocycles. The van der Waals surface area contributed by atoms with Crippen LogP contribution in [0.1, 0.15) is 18.4 Å². The maximum atomic E-state index is 12.8. The van der Waals surface area contributed by atoms with Crippen LogP contribution in [0.2, 0.25) is 0 Å². The highest BCUT2D eigenvalue weighted by Gasteiger charge is 2.66. The maximum Gasteiger partial charge on any atom is 0.329 e. The Morgan fingerprint density at radius 3 is 2.65 bits per heavy atom. The molecule has 8 heteroatoms. The van der Waals surface area contributed by atoms with Gasteiger partial charge < -0.3 is 15.4 Å². The van der Waals surface area contributed by atoms with Gasteiger partial charge in [-0.2, -0.15) is 16.6 Å². The molecular weight excluding hydrogens is 354 g/mol. The molecule has 4 atom stereocenters. The first kappa shape index (κ1) is 17.9. The SMILES string of the molecule is COC(=O)[C@]1(C#N)[C@H](c2ccsc2)[C@@H](C(N)=O)N2C=C(C(C)=O)C=C[C@H]21. The highest BCUT2D eigenvalue weighted by molar-refractivity contribution is 7.08. The van der Waals surface area contributed by atoms with Gasteiger partial charge in [0.1, 0.15) is 6.04 Å². The van der Waals surface area contributed by atoms with E-state index < -0.39 is 35.3 Å². The fourth-order valence-corrected chi connectivity index (χ4v) is 4.53. The number of ketones is 1. The molecule has 2 aliphatic rings. The van der Waals surface area contributed by atoms with Crippen LogP contribution in [0.3, 0.4) is 0 Å². The Labute approximate surface area is 154 Å². The fraction of sp³-hybridized carbons (Fsp3) is 0.333. The second-order valence-electron chi connectivity index (χ2n) is 6.25.